The molecule has 3 rings (SSSR count). The van der Waals surface area contributed by atoms with E-state index >= 15 is 0 Å². The van der Waals surface area contributed by atoms with Crippen LogP contribution < -0.4 is 4.74 Å². The first kappa shape index (κ1) is 3.96. The monoisotopic (exact) mass is 104 g/mol. The first-order chi connectivity index (χ1) is 3.95. The molecule has 1 aromatic carbocycles. The number of ether oxygens (including phenoxy) is 1. The number of benzene rings is 1. The molecule has 0 amide bonds. The Bertz CT molecular complexity index is 165. The zero-order chi connectivity index (χ0) is 5.40. The van der Waals surface area contributed by atoms with Gasteiger partial charge in [-0.2, -0.15) is 0 Å². The molecule has 2 aliphatic rings. The average Bonchev–Trinajstić information content (AvgIpc) is 1.92. The van der Waals surface area contributed by atoms with Gasteiger partial charge < -0.3 is 4.74 Å². The van der Waals surface area contributed by atoms with Crippen molar-refractivity contribution in [3.05, 3.63) is 36.4 Å². The molecule has 8 heavy (non-hydrogen) atoms. The average molecular weight is 104 g/mol. The highest BCUT2D eigenvalue weighted by atomic mass is 16.5. The van der Waals surface area contributed by atoms with E-state index in [0.29, 0.717) is 0 Å². The third kappa shape index (κ3) is 0.413. The molecule has 0 atom stereocenters. The van der Waals surface area contributed by atoms with Crippen LogP contribution in [0, 0.1) is 6.61 Å². The van der Waals surface area contributed by atoms with Crippen molar-refractivity contribution < 1.29 is 4.74 Å². The van der Waals surface area contributed by atoms with Gasteiger partial charge in [-0.15, -0.1) is 0 Å². The van der Waals surface area contributed by atoms with Gasteiger partial charge in [-0.3, -0.25) is 0 Å². The van der Waals surface area contributed by atoms with Crippen LogP contribution in [0.1, 0.15) is 5.56 Å². The second-order valence-corrected chi connectivity index (χ2v) is 1.73. The summed E-state index contributed by atoms with van der Waals surface area (Å²) in [6, 6.07) is 7.79. The minimum atomic E-state index is 0.875. The smallest absolute Gasteiger partial charge is 0.230 e. The highest BCUT2D eigenvalue weighted by Crippen LogP contribution is 2.20. The molecule has 1 aromatic rings. The molecule has 0 saturated carbocycles. The summed E-state index contributed by atoms with van der Waals surface area (Å²) in [5, 5.41) is 0. The predicted molar refractivity (Wildman–Crippen MR) is 29.4 cm³/mol. The van der Waals surface area contributed by atoms with Crippen molar-refractivity contribution in [2.45, 2.75) is 0 Å². The summed E-state index contributed by atoms with van der Waals surface area (Å²) >= 11 is 0. The van der Waals surface area contributed by atoms with Crippen molar-refractivity contribution in [1.82, 2.24) is 0 Å². The first-order valence-electron chi connectivity index (χ1n) is 2.48. The molecule has 0 aromatic heterocycles. The zero-order valence-corrected chi connectivity index (χ0v) is 4.22. The van der Waals surface area contributed by atoms with Gasteiger partial charge in [0.2, 0.25) is 6.61 Å². The predicted octanol–water partition coefficient (Wildman–Crippen LogP) is 1.47. The standard InChI is InChI=1S/C7H4O/c1-3-7-4-2-6(1)5-8-7/h1-4H. The summed E-state index contributed by atoms with van der Waals surface area (Å²) in [5.41, 5.74) is 1.01. The summed E-state index contributed by atoms with van der Waals surface area (Å²) < 4.78 is 4.93. The fourth-order valence-corrected chi connectivity index (χ4v) is 0.709. The van der Waals surface area contributed by atoms with Gasteiger partial charge in [0.05, 0.1) is 0 Å². The zero-order valence-electron chi connectivity index (χ0n) is 4.22. The molecule has 1 nitrogen and oxygen atoms in total. The number of hydrogen-bond donors (Lipinski definition) is 0. The van der Waals surface area contributed by atoms with E-state index in [0.717, 1.165) is 11.3 Å². The Labute approximate surface area is 47.9 Å². The van der Waals surface area contributed by atoms with E-state index in [9.17, 15) is 0 Å². The molecule has 1 heteroatoms. The molecule has 0 saturated heterocycles. The second kappa shape index (κ2) is 1.25. The molecular formula is C7H4O. The minimum absolute atomic E-state index is 0.875. The molecule has 0 N–H and O–H groups in total. The summed E-state index contributed by atoms with van der Waals surface area (Å²) in [5.74, 6) is 0.875. The van der Waals surface area contributed by atoms with E-state index in [1.165, 1.54) is 0 Å². The number of hydrogen-bond acceptors (Lipinski definition) is 1. The third-order valence-electron chi connectivity index (χ3n) is 1.14. The van der Waals surface area contributed by atoms with E-state index in [1.54, 1.807) is 0 Å². The van der Waals surface area contributed by atoms with Crippen molar-refractivity contribution in [2.75, 3.05) is 0 Å². The Morgan fingerprint density at radius 2 is 1.88 bits per heavy atom. The summed E-state index contributed by atoms with van der Waals surface area (Å²) in [7, 11) is 0. The SMILES string of the molecule is [C]1Oc2ccc1cc2. The van der Waals surface area contributed by atoms with Gasteiger partial charge in [0.25, 0.3) is 0 Å². The molecule has 2 bridgehead atoms. The molecule has 2 heterocycles. The Kier molecular flexibility index (Phi) is 0.618. The lowest BCUT2D eigenvalue weighted by Gasteiger charge is -2.09. The van der Waals surface area contributed by atoms with Gasteiger partial charge in [0, 0.05) is 5.56 Å². The van der Waals surface area contributed by atoms with E-state index < -0.39 is 0 Å². The van der Waals surface area contributed by atoms with Crippen molar-refractivity contribution in [3.63, 3.8) is 0 Å². The lowest BCUT2D eigenvalue weighted by Crippen LogP contribution is -1.97. The summed E-state index contributed by atoms with van der Waals surface area (Å²) in [6.45, 7) is 2.72. The van der Waals surface area contributed by atoms with Gasteiger partial charge in [-0.1, -0.05) is 12.1 Å². The largest absolute Gasteiger partial charge is 0.473 e. The minimum Gasteiger partial charge on any atom is -0.473 e. The lowest BCUT2D eigenvalue weighted by molar-refractivity contribution is 0.417. The van der Waals surface area contributed by atoms with Crippen molar-refractivity contribution in [1.29, 1.82) is 0 Å². The van der Waals surface area contributed by atoms with Gasteiger partial charge in [-0.25, -0.2) is 0 Å². The van der Waals surface area contributed by atoms with Crippen LogP contribution in [-0.4, -0.2) is 0 Å². The molecule has 0 unspecified atom stereocenters. The molecule has 2 radical (unpaired) electrons. The van der Waals surface area contributed by atoms with Crippen LogP contribution in [0.5, 0.6) is 5.75 Å². The Hall–Kier alpha value is -0.980. The maximum atomic E-state index is 4.93. The second-order valence-electron chi connectivity index (χ2n) is 1.73. The van der Waals surface area contributed by atoms with Crippen molar-refractivity contribution in [3.8, 4) is 5.75 Å². The quantitative estimate of drug-likeness (QED) is 0.484. The van der Waals surface area contributed by atoms with Crippen LogP contribution in [0.25, 0.3) is 0 Å². The molecular weight excluding hydrogens is 100 g/mol. The Morgan fingerprint density at radius 3 is 2.00 bits per heavy atom. The van der Waals surface area contributed by atoms with Crippen LogP contribution in [0.4, 0.5) is 0 Å². The van der Waals surface area contributed by atoms with Gasteiger partial charge in [0.15, 0.2) is 0 Å². The lowest BCUT2D eigenvalue weighted by atomic mass is 10.2. The van der Waals surface area contributed by atoms with Crippen LogP contribution in [0.3, 0.4) is 0 Å². The fourth-order valence-electron chi connectivity index (χ4n) is 0.709. The van der Waals surface area contributed by atoms with E-state index in [1.807, 2.05) is 24.3 Å². The molecule has 38 valence electrons. The third-order valence-corrected chi connectivity index (χ3v) is 1.14. The van der Waals surface area contributed by atoms with Crippen LogP contribution >= 0.6 is 0 Å². The topological polar surface area (TPSA) is 9.23 Å². The maximum absolute atomic E-state index is 4.93. The van der Waals surface area contributed by atoms with E-state index in [-0.39, 0.29) is 0 Å². The van der Waals surface area contributed by atoms with Crippen molar-refractivity contribution >= 4 is 0 Å². The normalized spacial score (nSPS) is 13.5. The molecule has 2 aliphatic heterocycles. The number of fused-ring (bicyclic) bond motifs is 3. The highest BCUT2D eigenvalue weighted by molar-refractivity contribution is 5.35. The van der Waals surface area contributed by atoms with Crippen molar-refractivity contribution in [2.24, 2.45) is 0 Å². The molecule has 0 spiro atoms. The van der Waals surface area contributed by atoms with Crippen LogP contribution in [0.2, 0.25) is 0 Å². The van der Waals surface area contributed by atoms with Gasteiger partial charge in [0.1, 0.15) is 5.75 Å². The van der Waals surface area contributed by atoms with Gasteiger partial charge in [-0.05, 0) is 12.1 Å². The van der Waals surface area contributed by atoms with E-state index in [2.05, 4.69) is 6.61 Å². The van der Waals surface area contributed by atoms with Crippen LogP contribution in [0.15, 0.2) is 24.3 Å². The fraction of sp³-hybridized carbons (Fsp3) is 0. The molecule has 0 fully saturated rings. The van der Waals surface area contributed by atoms with E-state index in [4.69, 9.17) is 4.74 Å². The Morgan fingerprint density at radius 1 is 1.12 bits per heavy atom. The maximum Gasteiger partial charge on any atom is 0.230 e. The summed E-state index contributed by atoms with van der Waals surface area (Å²) in [4.78, 5) is 0. The van der Waals surface area contributed by atoms with Crippen LogP contribution in [-0.2, 0) is 0 Å². The Balaban J connectivity index is 2.69. The molecule has 0 aliphatic carbocycles. The first-order valence-corrected chi connectivity index (χ1v) is 2.48. The van der Waals surface area contributed by atoms with Gasteiger partial charge >= 0.3 is 0 Å². The highest BCUT2D eigenvalue weighted by Gasteiger charge is 2.03. The number of rotatable bonds is 0. The summed E-state index contributed by atoms with van der Waals surface area (Å²) in [6.07, 6.45) is 0.